The third-order valence-electron chi connectivity index (χ3n) is 3.44. The molecule has 0 saturated carbocycles. The van der Waals surface area contributed by atoms with Gasteiger partial charge in [0.05, 0.1) is 20.1 Å². The summed E-state index contributed by atoms with van der Waals surface area (Å²) in [6.45, 7) is 7.07. The van der Waals surface area contributed by atoms with E-state index >= 15 is 0 Å². The maximum Gasteiger partial charge on any atom is 0.180 e. The Hall–Kier alpha value is 0.400. The molecule has 0 aliphatic heterocycles. The van der Waals surface area contributed by atoms with Crippen molar-refractivity contribution in [2.45, 2.75) is 65.2 Å². The van der Waals surface area contributed by atoms with Crippen LogP contribution < -0.4 is 17.0 Å². The summed E-state index contributed by atoms with van der Waals surface area (Å²) in [6.07, 6.45) is 10.4. The van der Waals surface area contributed by atoms with Gasteiger partial charge in [-0.25, -0.2) is 0 Å². The van der Waals surface area contributed by atoms with Gasteiger partial charge in [-0.2, -0.15) is 0 Å². The summed E-state index contributed by atoms with van der Waals surface area (Å²) in [7, 11) is 2.19. The number of quaternary nitrogens is 1. The van der Waals surface area contributed by atoms with Crippen LogP contribution >= 0.6 is 0 Å². The minimum atomic E-state index is 0. The molecule has 17 heavy (non-hydrogen) atoms. The number of halogens is 1. The first-order valence-corrected chi connectivity index (χ1v) is 7.13. The first kappa shape index (κ1) is 19.7. The standard InChI is InChI=1S/C14H32NO.BrH/c1-4-6-8-10-12-15(3,14-16)13-11-9-7-5-2;/h16H,4-14H2,1-3H3;1H/q+1;/p-1. The normalized spacial score (nSPS) is 11.3. The monoisotopic (exact) mass is 309 g/mol. The molecule has 0 bridgehead atoms. The number of rotatable bonds is 11. The van der Waals surface area contributed by atoms with Crippen LogP contribution in [-0.4, -0.2) is 36.5 Å². The second-order valence-corrected chi connectivity index (χ2v) is 5.33. The Labute approximate surface area is 119 Å². The van der Waals surface area contributed by atoms with E-state index in [1.807, 2.05) is 0 Å². The lowest BCUT2D eigenvalue weighted by Crippen LogP contribution is -3.00. The van der Waals surface area contributed by atoms with Gasteiger partial charge in [0, 0.05) is 0 Å². The van der Waals surface area contributed by atoms with Gasteiger partial charge in [0.1, 0.15) is 0 Å². The molecule has 0 aliphatic rings. The highest BCUT2D eigenvalue weighted by molar-refractivity contribution is 4.44. The Morgan fingerprint density at radius 2 is 1.18 bits per heavy atom. The summed E-state index contributed by atoms with van der Waals surface area (Å²) in [5.41, 5.74) is 0. The zero-order valence-corrected chi connectivity index (χ0v) is 13.6. The van der Waals surface area contributed by atoms with Crippen molar-refractivity contribution in [1.82, 2.24) is 0 Å². The molecular weight excluding hydrogens is 278 g/mol. The quantitative estimate of drug-likeness (QED) is 0.336. The predicted molar refractivity (Wildman–Crippen MR) is 71.3 cm³/mol. The summed E-state index contributed by atoms with van der Waals surface area (Å²) in [6, 6.07) is 0. The largest absolute Gasteiger partial charge is 1.00 e. The van der Waals surface area contributed by atoms with Gasteiger partial charge in [-0.3, -0.25) is 0 Å². The predicted octanol–water partition coefficient (Wildman–Crippen LogP) is 0.547. The van der Waals surface area contributed by atoms with Gasteiger partial charge in [0.25, 0.3) is 0 Å². The van der Waals surface area contributed by atoms with E-state index in [0.717, 1.165) is 17.6 Å². The number of hydrogen-bond donors (Lipinski definition) is 1. The summed E-state index contributed by atoms with van der Waals surface area (Å²) in [5.74, 6) is 0. The van der Waals surface area contributed by atoms with Crippen LogP contribution in [0, 0.1) is 0 Å². The molecule has 3 heteroatoms. The number of unbranched alkanes of at least 4 members (excludes halogenated alkanes) is 6. The van der Waals surface area contributed by atoms with Gasteiger partial charge in [-0.05, 0) is 25.7 Å². The summed E-state index contributed by atoms with van der Waals surface area (Å²) in [4.78, 5) is 0. The molecule has 0 fully saturated rings. The van der Waals surface area contributed by atoms with E-state index < -0.39 is 0 Å². The maximum absolute atomic E-state index is 9.47. The van der Waals surface area contributed by atoms with Gasteiger partial charge in [-0.15, -0.1) is 0 Å². The van der Waals surface area contributed by atoms with Crippen molar-refractivity contribution in [2.24, 2.45) is 0 Å². The van der Waals surface area contributed by atoms with E-state index in [4.69, 9.17) is 0 Å². The third-order valence-corrected chi connectivity index (χ3v) is 3.44. The highest BCUT2D eigenvalue weighted by Crippen LogP contribution is 2.10. The molecule has 0 aromatic carbocycles. The molecule has 106 valence electrons. The molecule has 0 unspecified atom stereocenters. The van der Waals surface area contributed by atoms with E-state index in [0.29, 0.717) is 6.73 Å². The second kappa shape index (κ2) is 12.8. The Morgan fingerprint density at radius 3 is 1.47 bits per heavy atom. The minimum Gasteiger partial charge on any atom is -1.00 e. The van der Waals surface area contributed by atoms with Gasteiger partial charge in [0.2, 0.25) is 0 Å². The first-order chi connectivity index (χ1) is 7.68. The number of aliphatic hydroxyl groups is 1. The molecule has 2 nitrogen and oxygen atoms in total. The number of hydrogen-bond acceptors (Lipinski definition) is 1. The van der Waals surface area contributed by atoms with Crippen LogP contribution in [0.4, 0.5) is 0 Å². The van der Waals surface area contributed by atoms with Crippen LogP contribution in [-0.2, 0) is 0 Å². The van der Waals surface area contributed by atoms with Crippen molar-refractivity contribution in [1.29, 1.82) is 0 Å². The van der Waals surface area contributed by atoms with E-state index in [9.17, 15) is 5.11 Å². The number of nitrogens with zero attached hydrogens (tertiary/aromatic N) is 1. The average molecular weight is 310 g/mol. The molecule has 0 amide bonds. The second-order valence-electron chi connectivity index (χ2n) is 5.33. The molecule has 0 spiro atoms. The first-order valence-electron chi connectivity index (χ1n) is 7.13. The van der Waals surface area contributed by atoms with Crippen LogP contribution in [0.5, 0.6) is 0 Å². The van der Waals surface area contributed by atoms with E-state index in [1.54, 1.807) is 0 Å². The van der Waals surface area contributed by atoms with Gasteiger partial charge in [-0.1, -0.05) is 39.5 Å². The summed E-state index contributed by atoms with van der Waals surface area (Å²) in [5, 5.41) is 9.47. The molecule has 0 saturated heterocycles. The highest BCUT2D eigenvalue weighted by Gasteiger charge is 2.18. The Morgan fingerprint density at radius 1 is 0.765 bits per heavy atom. The topological polar surface area (TPSA) is 20.2 Å². The van der Waals surface area contributed by atoms with Gasteiger partial charge >= 0.3 is 0 Å². The zero-order valence-electron chi connectivity index (χ0n) is 12.1. The van der Waals surface area contributed by atoms with Crippen LogP contribution in [0.1, 0.15) is 65.2 Å². The molecule has 0 aliphatic carbocycles. The molecular formula is C14H32BrNO. The molecule has 0 aromatic heterocycles. The lowest BCUT2D eigenvalue weighted by atomic mass is 10.1. The van der Waals surface area contributed by atoms with E-state index in [1.165, 1.54) is 51.4 Å². The maximum atomic E-state index is 9.47. The van der Waals surface area contributed by atoms with E-state index in [2.05, 4.69) is 20.9 Å². The Bertz CT molecular complexity index is 141. The molecule has 0 aromatic rings. The van der Waals surface area contributed by atoms with Crippen LogP contribution in [0.15, 0.2) is 0 Å². The Kier molecular flexibility index (Phi) is 14.9. The molecule has 0 atom stereocenters. The van der Waals surface area contributed by atoms with Crippen molar-refractivity contribution in [3.63, 3.8) is 0 Å². The van der Waals surface area contributed by atoms with Crippen molar-refractivity contribution >= 4 is 0 Å². The van der Waals surface area contributed by atoms with Crippen LogP contribution in [0.25, 0.3) is 0 Å². The van der Waals surface area contributed by atoms with Crippen molar-refractivity contribution < 1.29 is 26.6 Å². The summed E-state index contributed by atoms with van der Waals surface area (Å²) >= 11 is 0. The van der Waals surface area contributed by atoms with Crippen LogP contribution in [0.3, 0.4) is 0 Å². The van der Waals surface area contributed by atoms with Gasteiger partial charge in [0.15, 0.2) is 6.73 Å². The minimum absolute atomic E-state index is 0. The van der Waals surface area contributed by atoms with Crippen molar-refractivity contribution in [3.8, 4) is 0 Å². The lowest BCUT2D eigenvalue weighted by Gasteiger charge is -2.32. The zero-order chi connectivity index (χ0) is 12.3. The van der Waals surface area contributed by atoms with E-state index in [-0.39, 0.29) is 17.0 Å². The number of aliphatic hydroxyl groups excluding tert-OH is 1. The third kappa shape index (κ3) is 11.2. The molecule has 1 N–H and O–H groups in total. The lowest BCUT2D eigenvalue weighted by molar-refractivity contribution is -0.927. The van der Waals surface area contributed by atoms with Crippen molar-refractivity contribution in [2.75, 3.05) is 26.9 Å². The fourth-order valence-electron chi connectivity index (χ4n) is 2.09. The van der Waals surface area contributed by atoms with Crippen molar-refractivity contribution in [3.05, 3.63) is 0 Å². The average Bonchev–Trinajstić information content (AvgIpc) is 2.31. The summed E-state index contributed by atoms with van der Waals surface area (Å²) < 4.78 is 0.855. The van der Waals surface area contributed by atoms with Gasteiger partial charge < -0.3 is 26.6 Å². The fraction of sp³-hybridized carbons (Fsp3) is 1.00. The smallest absolute Gasteiger partial charge is 0.180 e. The molecule has 0 heterocycles. The fourth-order valence-corrected chi connectivity index (χ4v) is 2.09. The highest BCUT2D eigenvalue weighted by atomic mass is 79.9. The molecule has 0 rings (SSSR count). The Balaban J connectivity index is 0. The van der Waals surface area contributed by atoms with Crippen LogP contribution in [0.2, 0.25) is 0 Å². The molecule has 0 radical (unpaired) electrons. The SMILES string of the molecule is CCCCCC[N+](C)(CO)CCCCCC.[Br-].